The molecule has 28 heavy (non-hydrogen) atoms. The van der Waals surface area contributed by atoms with Gasteiger partial charge in [0.05, 0.1) is 31.7 Å². The monoisotopic (exact) mass is 376 g/mol. The Morgan fingerprint density at radius 2 is 1.96 bits per heavy atom. The maximum atomic E-state index is 5.43. The topological polar surface area (TPSA) is 74.7 Å². The van der Waals surface area contributed by atoms with Crippen LogP contribution in [0.25, 0.3) is 10.9 Å². The van der Waals surface area contributed by atoms with Gasteiger partial charge in [0.25, 0.3) is 0 Å². The van der Waals surface area contributed by atoms with E-state index in [1.54, 1.807) is 7.11 Å². The molecule has 2 N–H and O–H groups in total. The second-order valence-corrected chi connectivity index (χ2v) is 6.85. The first-order valence-corrected chi connectivity index (χ1v) is 9.27. The standard InChI is InChI=1S/C21H24N6O/c1-14-7-6-9-17-15(2)24-21(25-19(14)17)26-20-22-12-27(13-23-20)11-16-8-4-5-10-18(16)28-3/h4-10H,11-13H2,1-3H3,(H2,22,23,24,25,26). The summed E-state index contributed by atoms with van der Waals surface area (Å²) in [6.07, 6.45) is 0. The number of aryl methyl sites for hydroxylation is 2. The van der Waals surface area contributed by atoms with Gasteiger partial charge in [-0.15, -0.1) is 0 Å². The molecule has 7 nitrogen and oxygen atoms in total. The number of nitrogens with one attached hydrogen (secondary N) is 2. The van der Waals surface area contributed by atoms with Crippen LogP contribution in [0.5, 0.6) is 5.75 Å². The van der Waals surface area contributed by atoms with Gasteiger partial charge >= 0.3 is 0 Å². The molecule has 3 aromatic rings. The number of anilines is 1. The third-order valence-electron chi connectivity index (χ3n) is 4.83. The van der Waals surface area contributed by atoms with Crippen LogP contribution in [0.3, 0.4) is 0 Å². The molecule has 0 fully saturated rings. The summed E-state index contributed by atoms with van der Waals surface area (Å²) >= 11 is 0. The number of nitrogens with zero attached hydrogens (tertiary/aromatic N) is 4. The van der Waals surface area contributed by atoms with Gasteiger partial charge in [-0.05, 0) is 25.5 Å². The molecule has 1 aromatic heterocycles. The zero-order chi connectivity index (χ0) is 19.5. The van der Waals surface area contributed by atoms with E-state index in [1.807, 2.05) is 37.3 Å². The molecule has 0 radical (unpaired) electrons. The molecule has 0 spiro atoms. The third kappa shape index (κ3) is 3.75. The fraction of sp³-hybridized carbons (Fsp3) is 0.286. The summed E-state index contributed by atoms with van der Waals surface area (Å²) in [5.41, 5.74) is 4.19. The van der Waals surface area contributed by atoms with Crippen LogP contribution in [0.4, 0.5) is 5.95 Å². The molecule has 0 aliphatic carbocycles. The van der Waals surface area contributed by atoms with Gasteiger partial charge in [-0.3, -0.25) is 10.2 Å². The first-order valence-electron chi connectivity index (χ1n) is 9.27. The van der Waals surface area contributed by atoms with Gasteiger partial charge in [0.1, 0.15) is 5.75 Å². The average Bonchev–Trinajstić information content (AvgIpc) is 2.71. The quantitative estimate of drug-likeness (QED) is 0.729. The van der Waals surface area contributed by atoms with Crippen LogP contribution < -0.4 is 15.4 Å². The fourth-order valence-corrected chi connectivity index (χ4v) is 3.34. The van der Waals surface area contributed by atoms with Crippen LogP contribution in [-0.2, 0) is 6.54 Å². The molecule has 144 valence electrons. The first-order chi connectivity index (χ1) is 13.6. The highest BCUT2D eigenvalue weighted by atomic mass is 16.5. The van der Waals surface area contributed by atoms with Crippen LogP contribution >= 0.6 is 0 Å². The van der Waals surface area contributed by atoms with E-state index in [-0.39, 0.29) is 0 Å². The molecule has 2 heterocycles. The second-order valence-electron chi connectivity index (χ2n) is 6.85. The third-order valence-corrected chi connectivity index (χ3v) is 4.83. The number of benzene rings is 2. The number of guanidine groups is 1. The van der Waals surface area contributed by atoms with Gasteiger partial charge in [-0.25, -0.2) is 15.0 Å². The Hall–Kier alpha value is -3.19. The lowest BCUT2D eigenvalue weighted by atomic mass is 10.1. The van der Waals surface area contributed by atoms with Crippen LogP contribution in [-0.4, -0.2) is 41.3 Å². The lowest BCUT2D eigenvalue weighted by Crippen LogP contribution is -2.45. The highest BCUT2D eigenvalue weighted by Gasteiger charge is 2.15. The molecule has 1 aliphatic rings. The van der Waals surface area contributed by atoms with Crippen molar-refractivity contribution in [1.29, 1.82) is 0 Å². The molecule has 0 amide bonds. The Labute approximate surface area is 164 Å². The molecule has 0 unspecified atom stereocenters. The van der Waals surface area contributed by atoms with E-state index in [4.69, 9.17) is 4.74 Å². The molecule has 1 aliphatic heterocycles. The maximum absolute atomic E-state index is 5.43. The van der Waals surface area contributed by atoms with E-state index in [1.165, 1.54) is 0 Å². The molecule has 0 saturated heterocycles. The van der Waals surface area contributed by atoms with Gasteiger partial charge in [0.15, 0.2) is 0 Å². The van der Waals surface area contributed by atoms with E-state index >= 15 is 0 Å². The highest BCUT2D eigenvalue weighted by molar-refractivity contribution is 5.93. The SMILES string of the molecule is COc1ccccc1CN1CN=C(Nc2nc(C)c3cccc(C)c3n2)NC1. The van der Waals surface area contributed by atoms with E-state index in [9.17, 15) is 0 Å². The lowest BCUT2D eigenvalue weighted by Gasteiger charge is -2.27. The van der Waals surface area contributed by atoms with Crippen LogP contribution in [0.2, 0.25) is 0 Å². The Morgan fingerprint density at radius 3 is 2.75 bits per heavy atom. The number of fused-ring (bicyclic) bond motifs is 1. The summed E-state index contributed by atoms with van der Waals surface area (Å²) in [4.78, 5) is 16.0. The van der Waals surface area contributed by atoms with Crippen molar-refractivity contribution >= 4 is 22.8 Å². The molecule has 0 bridgehead atoms. The second kappa shape index (κ2) is 7.82. The Morgan fingerprint density at radius 1 is 1.11 bits per heavy atom. The number of para-hydroxylation sites is 2. The summed E-state index contributed by atoms with van der Waals surface area (Å²) in [5, 5.41) is 7.59. The Kier molecular flexibility index (Phi) is 5.08. The number of aromatic nitrogens is 2. The van der Waals surface area contributed by atoms with Crippen molar-refractivity contribution in [3.05, 3.63) is 59.3 Å². The maximum Gasteiger partial charge on any atom is 0.230 e. The lowest BCUT2D eigenvalue weighted by molar-refractivity contribution is 0.252. The highest BCUT2D eigenvalue weighted by Crippen LogP contribution is 2.21. The summed E-state index contributed by atoms with van der Waals surface area (Å²) in [5.74, 6) is 2.14. The van der Waals surface area contributed by atoms with Crippen molar-refractivity contribution < 1.29 is 4.74 Å². The van der Waals surface area contributed by atoms with Crippen LogP contribution in [0.1, 0.15) is 16.8 Å². The van der Waals surface area contributed by atoms with Crippen LogP contribution in [0, 0.1) is 13.8 Å². The summed E-state index contributed by atoms with van der Waals surface area (Å²) in [7, 11) is 1.70. The number of methoxy groups -OCH3 is 1. The smallest absolute Gasteiger partial charge is 0.230 e. The van der Waals surface area contributed by atoms with Gasteiger partial charge in [-0.1, -0.05) is 36.4 Å². The summed E-state index contributed by atoms with van der Waals surface area (Å²) in [6.45, 7) is 6.08. The predicted octanol–water partition coefficient (Wildman–Crippen LogP) is 3.04. The van der Waals surface area contributed by atoms with Crippen molar-refractivity contribution in [2.75, 3.05) is 25.8 Å². The van der Waals surface area contributed by atoms with E-state index < -0.39 is 0 Å². The molecule has 0 atom stereocenters. The average molecular weight is 376 g/mol. The number of rotatable bonds is 4. The van der Waals surface area contributed by atoms with E-state index in [0.29, 0.717) is 25.2 Å². The van der Waals surface area contributed by atoms with Crippen molar-refractivity contribution in [2.45, 2.75) is 20.4 Å². The fourth-order valence-electron chi connectivity index (χ4n) is 3.34. The van der Waals surface area contributed by atoms with E-state index in [2.05, 4.69) is 49.6 Å². The molecule has 2 aromatic carbocycles. The molecule has 0 saturated carbocycles. The van der Waals surface area contributed by atoms with Gasteiger partial charge in [0, 0.05) is 17.5 Å². The minimum absolute atomic E-state index is 0.559. The number of hydrogen-bond acceptors (Lipinski definition) is 7. The number of aliphatic imine (C=N–C) groups is 1. The molecule has 4 rings (SSSR count). The zero-order valence-corrected chi connectivity index (χ0v) is 16.4. The Bertz CT molecular complexity index is 1030. The number of hydrogen-bond donors (Lipinski definition) is 2. The van der Waals surface area contributed by atoms with Crippen molar-refractivity contribution in [3.63, 3.8) is 0 Å². The molecular formula is C21H24N6O. The van der Waals surface area contributed by atoms with Crippen LogP contribution in [0.15, 0.2) is 47.5 Å². The van der Waals surface area contributed by atoms with Gasteiger partial charge < -0.3 is 10.1 Å². The normalized spacial score (nSPS) is 14.5. The first kappa shape index (κ1) is 18.2. The number of ether oxygens (including phenoxy) is 1. The zero-order valence-electron chi connectivity index (χ0n) is 16.4. The molecule has 7 heteroatoms. The predicted molar refractivity (Wildman–Crippen MR) is 111 cm³/mol. The van der Waals surface area contributed by atoms with Crippen molar-refractivity contribution in [3.8, 4) is 5.75 Å². The van der Waals surface area contributed by atoms with Crippen molar-refractivity contribution in [2.24, 2.45) is 4.99 Å². The minimum Gasteiger partial charge on any atom is -0.496 e. The largest absolute Gasteiger partial charge is 0.496 e. The van der Waals surface area contributed by atoms with Gasteiger partial charge in [-0.2, -0.15) is 0 Å². The minimum atomic E-state index is 0.559. The summed E-state index contributed by atoms with van der Waals surface area (Å²) < 4.78 is 5.43. The Balaban J connectivity index is 1.46. The van der Waals surface area contributed by atoms with Gasteiger partial charge in [0.2, 0.25) is 11.9 Å². The molecular weight excluding hydrogens is 352 g/mol. The van der Waals surface area contributed by atoms with Crippen molar-refractivity contribution in [1.82, 2.24) is 20.2 Å². The van der Waals surface area contributed by atoms with E-state index in [0.717, 1.165) is 40.0 Å². The summed E-state index contributed by atoms with van der Waals surface area (Å²) in [6, 6.07) is 14.2.